The molecule has 0 saturated carbocycles. The zero-order valence-corrected chi connectivity index (χ0v) is 17.1. The molecule has 0 amide bonds. The van der Waals surface area contributed by atoms with Gasteiger partial charge in [-0.05, 0) is 39.2 Å². The lowest BCUT2D eigenvalue weighted by atomic mass is 10.2. The van der Waals surface area contributed by atoms with Crippen LogP contribution < -0.4 is 0 Å². The Bertz CT molecular complexity index is 792. The van der Waals surface area contributed by atoms with Crippen molar-refractivity contribution in [3.8, 4) is 0 Å². The van der Waals surface area contributed by atoms with E-state index in [1.54, 1.807) is 0 Å². The summed E-state index contributed by atoms with van der Waals surface area (Å²) in [5.74, 6) is 0.803. The smallest absolute Gasteiger partial charge is 0.174 e. The number of likely N-dealkylation sites (tertiary alicyclic amines) is 1. The van der Waals surface area contributed by atoms with Gasteiger partial charge in [-0.15, -0.1) is 0 Å². The van der Waals surface area contributed by atoms with Gasteiger partial charge < -0.3 is 9.47 Å². The molecule has 0 aliphatic carbocycles. The predicted octanol–water partition coefficient (Wildman–Crippen LogP) is 2.76. The number of hydrogen-bond acceptors (Lipinski definition) is 5. The Labute approximate surface area is 159 Å². The summed E-state index contributed by atoms with van der Waals surface area (Å²) >= 11 is 6.86. The zero-order chi connectivity index (χ0) is 18.2. The summed E-state index contributed by atoms with van der Waals surface area (Å²) in [4.78, 5) is 14.8. The number of sulfone groups is 1. The van der Waals surface area contributed by atoms with Crippen molar-refractivity contribution < 1.29 is 13.2 Å². The number of nitrogens with zero attached hydrogens (tertiary/aromatic N) is 2. The monoisotopic (exact) mass is 400 g/mol. The van der Waals surface area contributed by atoms with Gasteiger partial charge in [-0.3, -0.25) is 4.79 Å². The molecule has 0 aromatic carbocycles. The van der Waals surface area contributed by atoms with E-state index in [4.69, 9.17) is 12.2 Å². The highest BCUT2D eigenvalue weighted by Gasteiger charge is 2.31. The van der Waals surface area contributed by atoms with Crippen LogP contribution in [0.2, 0.25) is 0 Å². The van der Waals surface area contributed by atoms with Crippen LogP contribution in [0.5, 0.6) is 0 Å². The van der Waals surface area contributed by atoms with E-state index in [1.807, 2.05) is 24.5 Å². The van der Waals surface area contributed by atoms with Crippen LogP contribution in [0.15, 0.2) is 6.07 Å². The third-order valence-electron chi connectivity index (χ3n) is 5.05. The molecule has 138 valence electrons. The van der Waals surface area contributed by atoms with E-state index in [2.05, 4.69) is 4.90 Å². The van der Waals surface area contributed by atoms with Gasteiger partial charge in [0.2, 0.25) is 0 Å². The first-order valence-corrected chi connectivity index (χ1v) is 11.8. The van der Waals surface area contributed by atoms with Crippen molar-refractivity contribution in [3.63, 3.8) is 0 Å². The number of thiocarbonyl (C=S) groups is 1. The molecule has 1 aromatic heterocycles. The van der Waals surface area contributed by atoms with Gasteiger partial charge in [-0.2, -0.15) is 0 Å². The minimum Gasteiger partial charge on any atom is -0.358 e. The Morgan fingerprint density at radius 1 is 1.32 bits per heavy atom. The molecule has 2 fully saturated rings. The number of ketones is 1. The zero-order valence-electron chi connectivity index (χ0n) is 14.7. The standard InChI is InChI=1S/C17H24N2O3S3/c1-12-9-15(13(2)19(12)14-5-8-25(21,22)11-14)16(20)10-24-17(23)18-6-3-4-7-18/h9,14H,3-8,10-11H2,1-2H3. The summed E-state index contributed by atoms with van der Waals surface area (Å²) in [6, 6.07) is 1.84. The molecular weight excluding hydrogens is 376 g/mol. The number of rotatable bonds is 4. The Hall–Kier alpha value is -0.860. The second-order valence-corrected chi connectivity index (χ2v) is 10.7. The van der Waals surface area contributed by atoms with Gasteiger partial charge in [-0.1, -0.05) is 24.0 Å². The maximum Gasteiger partial charge on any atom is 0.174 e. The number of thioether (sulfide) groups is 1. The number of hydrogen-bond donors (Lipinski definition) is 0. The van der Waals surface area contributed by atoms with Gasteiger partial charge >= 0.3 is 0 Å². The van der Waals surface area contributed by atoms with Gasteiger partial charge in [-0.25, -0.2) is 8.42 Å². The molecule has 3 heterocycles. The topological polar surface area (TPSA) is 59.4 Å². The first-order chi connectivity index (χ1) is 11.8. The van der Waals surface area contributed by atoms with Crippen molar-refractivity contribution >= 4 is 43.9 Å². The summed E-state index contributed by atoms with van der Waals surface area (Å²) in [7, 11) is -2.95. The molecular formula is C17H24N2O3S3. The number of aromatic nitrogens is 1. The second-order valence-electron chi connectivity index (χ2n) is 6.88. The molecule has 25 heavy (non-hydrogen) atoms. The van der Waals surface area contributed by atoms with E-state index in [9.17, 15) is 13.2 Å². The van der Waals surface area contributed by atoms with Crippen molar-refractivity contribution in [2.75, 3.05) is 30.3 Å². The van der Waals surface area contributed by atoms with Crippen molar-refractivity contribution in [2.45, 2.75) is 39.2 Å². The van der Waals surface area contributed by atoms with Crippen LogP contribution in [0.3, 0.4) is 0 Å². The third kappa shape index (κ3) is 4.11. The van der Waals surface area contributed by atoms with Crippen molar-refractivity contribution in [1.82, 2.24) is 9.47 Å². The maximum atomic E-state index is 12.7. The van der Waals surface area contributed by atoms with Crippen LogP contribution in [0.4, 0.5) is 0 Å². The molecule has 0 radical (unpaired) electrons. The summed E-state index contributed by atoms with van der Waals surface area (Å²) in [5.41, 5.74) is 2.52. The maximum absolute atomic E-state index is 12.7. The third-order valence-corrected chi connectivity index (χ3v) is 8.32. The number of aryl methyl sites for hydroxylation is 1. The summed E-state index contributed by atoms with van der Waals surface area (Å²) in [5, 5.41) is 0. The highest BCUT2D eigenvalue weighted by atomic mass is 32.2. The van der Waals surface area contributed by atoms with Gasteiger partial charge in [0.15, 0.2) is 15.6 Å². The Kier molecular flexibility index (Phi) is 5.60. The van der Waals surface area contributed by atoms with E-state index in [-0.39, 0.29) is 23.3 Å². The van der Waals surface area contributed by atoms with E-state index in [1.165, 1.54) is 24.6 Å². The fraction of sp³-hybridized carbons (Fsp3) is 0.647. The fourth-order valence-corrected chi connectivity index (χ4v) is 6.63. The molecule has 2 aliphatic heterocycles. The molecule has 3 rings (SSSR count). The van der Waals surface area contributed by atoms with Crippen LogP contribution in [-0.4, -0.2) is 58.3 Å². The molecule has 8 heteroatoms. The second kappa shape index (κ2) is 7.40. The van der Waals surface area contributed by atoms with Crippen LogP contribution in [0.1, 0.15) is 47.1 Å². The molecule has 0 bridgehead atoms. The molecule has 0 spiro atoms. The minimum absolute atomic E-state index is 0.0510. The summed E-state index contributed by atoms with van der Waals surface area (Å²) in [6.07, 6.45) is 2.96. The molecule has 1 unspecified atom stereocenters. The first-order valence-electron chi connectivity index (χ1n) is 8.62. The van der Waals surface area contributed by atoms with E-state index < -0.39 is 9.84 Å². The van der Waals surface area contributed by atoms with Crippen LogP contribution in [-0.2, 0) is 9.84 Å². The Morgan fingerprint density at radius 2 is 2.00 bits per heavy atom. The fourth-order valence-electron chi connectivity index (χ4n) is 3.80. The lowest BCUT2D eigenvalue weighted by Gasteiger charge is -2.17. The predicted molar refractivity (Wildman–Crippen MR) is 106 cm³/mol. The van der Waals surface area contributed by atoms with Gasteiger partial charge in [0, 0.05) is 36.1 Å². The molecule has 1 aromatic rings. The van der Waals surface area contributed by atoms with Gasteiger partial charge in [0.05, 0.1) is 17.3 Å². The summed E-state index contributed by atoms with van der Waals surface area (Å²) in [6.45, 7) is 5.83. The first kappa shape index (κ1) is 18.9. The highest BCUT2D eigenvalue weighted by molar-refractivity contribution is 8.23. The average molecular weight is 401 g/mol. The number of carbonyl (C=O) groups is 1. The van der Waals surface area contributed by atoms with E-state index >= 15 is 0 Å². The largest absolute Gasteiger partial charge is 0.358 e. The quantitative estimate of drug-likeness (QED) is 0.572. The van der Waals surface area contributed by atoms with Gasteiger partial charge in [0.25, 0.3) is 0 Å². The van der Waals surface area contributed by atoms with Crippen LogP contribution in [0.25, 0.3) is 0 Å². The molecule has 1 atom stereocenters. The minimum atomic E-state index is -2.95. The Morgan fingerprint density at radius 3 is 2.60 bits per heavy atom. The average Bonchev–Trinajstić information content (AvgIpc) is 3.25. The van der Waals surface area contributed by atoms with Crippen molar-refractivity contribution in [2.24, 2.45) is 0 Å². The van der Waals surface area contributed by atoms with Crippen LogP contribution in [0, 0.1) is 13.8 Å². The summed E-state index contributed by atoms with van der Waals surface area (Å²) < 4.78 is 26.4. The lowest BCUT2D eigenvalue weighted by molar-refractivity contribution is 0.102. The van der Waals surface area contributed by atoms with Crippen molar-refractivity contribution in [3.05, 3.63) is 23.0 Å². The highest BCUT2D eigenvalue weighted by Crippen LogP contribution is 2.29. The SMILES string of the molecule is Cc1cc(C(=O)CSC(=S)N2CCCC2)c(C)n1C1CCS(=O)(=O)C1. The van der Waals surface area contributed by atoms with Crippen LogP contribution >= 0.6 is 24.0 Å². The molecule has 0 N–H and O–H groups in total. The van der Waals surface area contributed by atoms with E-state index in [0.29, 0.717) is 17.7 Å². The normalized spacial score (nSPS) is 22.5. The van der Waals surface area contributed by atoms with E-state index in [0.717, 1.165) is 28.8 Å². The number of carbonyl (C=O) groups excluding carboxylic acids is 1. The van der Waals surface area contributed by atoms with Gasteiger partial charge in [0.1, 0.15) is 4.32 Å². The number of Topliss-reactive ketones (excluding diaryl/α,β-unsaturated/α-hetero) is 1. The lowest BCUT2D eigenvalue weighted by Crippen LogP contribution is -2.24. The molecule has 2 saturated heterocycles. The Balaban J connectivity index is 1.69. The molecule has 2 aliphatic rings. The molecule has 5 nitrogen and oxygen atoms in total. The van der Waals surface area contributed by atoms with Crippen molar-refractivity contribution in [1.29, 1.82) is 0 Å².